The molecule has 1 rings (SSSR count). The van der Waals surface area contributed by atoms with Gasteiger partial charge < -0.3 is 14.7 Å². The van der Waals surface area contributed by atoms with Crippen molar-refractivity contribution < 1.29 is 24.2 Å². The molecule has 1 aliphatic rings. The number of amides is 1. The largest absolute Gasteiger partial charge is 0.481 e. The Kier molecular flexibility index (Phi) is 5.98. The molecule has 20 heavy (non-hydrogen) atoms. The first kappa shape index (κ1) is 16.5. The van der Waals surface area contributed by atoms with Crippen molar-refractivity contribution in [3.63, 3.8) is 0 Å². The lowest BCUT2D eigenvalue weighted by atomic mass is 9.95. The molecule has 3 atom stereocenters. The van der Waals surface area contributed by atoms with Crippen LogP contribution >= 0.6 is 0 Å². The number of nitrogens with zero attached hydrogens (tertiary/aromatic N) is 1. The van der Waals surface area contributed by atoms with Crippen molar-refractivity contribution in [1.82, 2.24) is 4.90 Å². The van der Waals surface area contributed by atoms with Gasteiger partial charge in [0, 0.05) is 13.6 Å². The molecule has 0 bridgehead atoms. The molecule has 1 N–H and O–H groups in total. The number of aliphatic carboxylic acids is 1. The molecule has 0 saturated heterocycles. The van der Waals surface area contributed by atoms with Crippen molar-refractivity contribution in [2.75, 3.05) is 20.7 Å². The Hall–Kier alpha value is -1.59. The van der Waals surface area contributed by atoms with E-state index in [-0.39, 0.29) is 24.8 Å². The summed E-state index contributed by atoms with van der Waals surface area (Å²) in [5.74, 6) is -2.25. The average molecular weight is 285 g/mol. The maximum absolute atomic E-state index is 12.3. The number of methoxy groups -OCH3 is 1. The van der Waals surface area contributed by atoms with Crippen LogP contribution in [-0.4, -0.2) is 48.6 Å². The fraction of sp³-hybridized carbons (Fsp3) is 0.786. The normalized spacial score (nSPS) is 25.2. The van der Waals surface area contributed by atoms with Gasteiger partial charge in [-0.3, -0.25) is 14.4 Å². The first-order chi connectivity index (χ1) is 9.40. The Morgan fingerprint density at radius 1 is 1.25 bits per heavy atom. The quantitative estimate of drug-likeness (QED) is 0.740. The molecule has 114 valence electrons. The van der Waals surface area contributed by atoms with Gasteiger partial charge in [-0.25, -0.2) is 0 Å². The van der Waals surface area contributed by atoms with Gasteiger partial charge in [0.25, 0.3) is 0 Å². The van der Waals surface area contributed by atoms with Crippen LogP contribution in [0.25, 0.3) is 0 Å². The Labute approximate surface area is 119 Å². The highest BCUT2D eigenvalue weighted by Gasteiger charge is 2.43. The topological polar surface area (TPSA) is 83.9 Å². The summed E-state index contributed by atoms with van der Waals surface area (Å²) in [7, 11) is 2.90. The molecule has 0 aliphatic heterocycles. The molecule has 0 aromatic heterocycles. The van der Waals surface area contributed by atoms with Crippen LogP contribution in [0.5, 0.6) is 0 Å². The average Bonchev–Trinajstić information content (AvgIpc) is 2.87. The second-order valence-electron chi connectivity index (χ2n) is 5.38. The minimum absolute atomic E-state index is 0.125. The zero-order valence-corrected chi connectivity index (χ0v) is 12.3. The first-order valence-electron chi connectivity index (χ1n) is 6.95. The van der Waals surface area contributed by atoms with Gasteiger partial charge in [0.15, 0.2) is 0 Å². The molecule has 0 aromatic carbocycles. The highest BCUT2D eigenvalue weighted by molar-refractivity contribution is 5.85. The zero-order valence-electron chi connectivity index (χ0n) is 12.3. The van der Waals surface area contributed by atoms with Crippen LogP contribution in [0.3, 0.4) is 0 Å². The van der Waals surface area contributed by atoms with E-state index < -0.39 is 17.8 Å². The number of hydrogen-bond donors (Lipinski definition) is 1. The van der Waals surface area contributed by atoms with Crippen LogP contribution in [-0.2, 0) is 19.1 Å². The van der Waals surface area contributed by atoms with Crippen molar-refractivity contribution in [1.29, 1.82) is 0 Å². The second kappa shape index (κ2) is 7.26. The predicted molar refractivity (Wildman–Crippen MR) is 71.9 cm³/mol. The molecule has 0 radical (unpaired) electrons. The van der Waals surface area contributed by atoms with E-state index in [0.717, 1.165) is 6.42 Å². The lowest BCUT2D eigenvalue weighted by Gasteiger charge is -2.23. The molecule has 6 heteroatoms. The number of carboxylic acids is 1. The van der Waals surface area contributed by atoms with Gasteiger partial charge in [-0.2, -0.15) is 0 Å². The van der Waals surface area contributed by atoms with E-state index >= 15 is 0 Å². The van der Waals surface area contributed by atoms with Crippen LogP contribution in [0.1, 0.15) is 32.6 Å². The highest BCUT2D eigenvalue weighted by Crippen LogP contribution is 2.39. The minimum atomic E-state index is -0.902. The summed E-state index contributed by atoms with van der Waals surface area (Å²) in [6.07, 6.45) is 2.20. The van der Waals surface area contributed by atoms with Gasteiger partial charge in [0.05, 0.1) is 25.4 Å². The summed E-state index contributed by atoms with van der Waals surface area (Å²) in [5.41, 5.74) is 0. The summed E-state index contributed by atoms with van der Waals surface area (Å²) in [5, 5.41) is 9.24. The van der Waals surface area contributed by atoms with Gasteiger partial charge in [-0.05, 0) is 18.8 Å². The third kappa shape index (κ3) is 3.95. The van der Waals surface area contributed by atoms with Crippen molar-refractivity contribution in [3.8, 4) is 0 Å². The molecule has 0 heterocycles. The van der Waals surface area contributed by atoms with E-state index in [1.54, 1.807) is 7.05 Å². The lowest BCUT2D eigenvalue weighted by molar-refractivity contribution is -0.149. The fourth-order valence-electron chi connectivity index (χ4n) is 2.78. The zero-order chi connectivity index (χ0) is 15.3. The van der Waals surface area contributed by atoms with Crippen molar-refractivity contribution >= 4 is 17.8 Å². The molecule has 1 aliphatic carbocycles. The second-order valence-corrected chi connectivity index (χ2v) is 5.38. The third-order valence-electron chi connectivity index (χ3n) is 4.13. The molecule has 0 spiro atoms. The van der Waals surface area contributed by atoms with E-state index in [9.17, 15) is 19.5 Å². The number of carbonyl (C=O) groups is 3. The standard InChI is InChI=1S/C14H23NO5/c1-4-9-7-10(11(8-9)14(18)19)13(17)15(2)6-5-12(16)20-3/h9-11H,4-8H2,1-3H3,(H,18,19). The predicted octanol–water partition coefficient (Wildman–Crippen LogP) is 1.14. The monoisotopic (exact) mass is 285 g/mol. The number of ether oxygens (including phenoxy) is 1. The number of hydrogen-bond acceptors (Lipinski definition) is 4. The van der Waals surface area contributed by atoms with Crippen molar-refractivity contribution in [2.24, 2.45) is 17.8 Å². The van der Waals surface area contributed by atoms with Crippen molar-refractivity contribution in [2.45, 2.75) is 32.6 Å². The molecule has 6 nitrogen and oxygen atoms in total. The molecular formula is C14H23NO5. The van der Waals surface area contributed by atoms with Gasteiger partial charge in [-0.1, -0.05) is 13.3 Å². The Bertz CT molecular complexity index is 382. The van der Waals surface area contributed by atoms with E-state index in [4.69, 9.17) is 0 Å². The molecule has 0 aromatic rings. The number of rotatable bonds is 6. The van der Waals surface area contributed by atoms with Gasteiger partial charge in [-0.15, -0.1) is 0 Å². The number of carboxylic acid groups (broad SMARTS) is 1. The van der Waals surface area contributed by atoms with E-state index in [1.807, 2.05) is 6.92 Å². The van der Waals surface area contributed by atoms with E-state index in [1.165, 1.54) is 12.0 Å². The van der Waals surface area contributed by atoms with Crippen LogP contribution in [0, 0.1) is 17.8 Å². The summed E-state index contributed by atoms with van der Waals surface area (Å²) in [6.45, 7) is 2.27. The summed E-state index contributed by atoms with van der Waals surface area (Å²) in [6, 6.07) is 0. The van der Waals surface area contributed by atoms with Crippen LogP contribution in [0.15, 0.2) is 0 Å². The van der Waals surface area contributed by atoms with Crippen LogP contribution < -0.4 is 0 Å². The Morgan fingerprint density at radius 2 is 1.85 bits per heavy atom. The first-order valence-corrected chi connectivity index (χ1v) is 6.95. The smallest absolute Gasteiger partial charge is 0.307 e. The number of carbonyl (C=O) groups excluding carboxylic acids is 2. The maximum Gasteiger partial charge on any atom is 0.307 e. The Morgan fingerprint density at radius 3 is 2.35 bits per heavy atom. The minimum Gasteiger partial charge on any atom is -0.481 e. The fourth-order valence-corrected chi connectivity index (χ4v) is 2.78. The lowest BCUT2D eigenvalue weighted by Crippen LogP contribution is -2.37. The molecule has 3 unspecified atom stereocenters. The van der Waals surface area contributed by atoms with Crippen molar-refractivity contribution in [3.05, 3.63) is 0 Å². The summed E-state index contributed by atoms with van der Waals surface area (Å²) in [4.78, 5) is 36.1. The van der Waals surface area contributed by atoms with Crippen LogP contribution in [0.4, 0.5) is 0 Å². The summed E-state index contributed by atoms with van der Waals surface area (Å²) < 4.78 is 4.53. The van der Waals surface area contributed by atoms with E-state index in [2.05, 4.69) is 4.74 Å². The maximum atomic E-state index is 12.3. The SMILES string of the molecule is CCC1CC(C(=O)O)C(C(=O)N(C)CCC(=O)OC)C1. The van der Waals surface area contributed by atoms with Gasteiger partial charge in [0.1, 0.15) is 0 Å². The highest BCUT2D eigenvalue weighted by atomic mass is 16.5. The molecule has 1 saturated carbocycles. The third-order valence-corrected chi connectivity index (χ3v) is 4.13. The summed E-state index contributed by atoms with van der Waals surface area (Å²) >= 11 is 0. The molecular weight excluding hydrogens is 262 g/mol. The van der Waals surface area contributed by atoms with E-state index in [0.29, 0.717) is 18.8 Å². The molecule has 1 amide bonds. The molecule has 1 fully saturated rings. The number of esters is 1. The van der Waals surface area contributed by atoms with Crippen LogP contribution in [0.2, 0.25) is 0 Å². The van der Waals surface area contributed by atoms with Gasteiger partial charge in [0.2, 0.25) is 5.91 Å². The Balaban J connectivity index is 2.64. The van der Waals surface area contributed by atoms with Gasteiger partial charge >= 0.3 is 11.9 Å².